The second-order valence-corrected chi connectivity index (χ2v) is 9.95. The third kappa shape index (κ3) is 6.55. The summed E-state index contributed by atoms with van der Waals surface area (Å²) in [6.45, 7) is 10.1. The van der Waals surface area contributed by atoms with Gasteiger partial charge in [0.2, 0.25) is 0 Å². The Bertz CT molecular complexity index is 840. The molecule has 0 bridgehead atoms. The Kier molecular flexibility index (Phi) is 8.65. The molecule has 35 heavy (non-hydrogen) atoms. The summed E-state index contributed by atoms with van der Waals surface area (Å²) in [5.74, 6) is -7.82. The van der Waals surface area contributed by atoms with E-state index in [-0.39, 0.29) is 32.5 Å². The maximum absolute atomic E-state index is 13.0. The normalized spacial score (nSPS) is 25.9. The molecule has 0 amide bonds. The molecule has 4 unspecified atom stereocenters. The standard InChI is InChI=1S/C24H33F3O8/c1-7-32-20(30)23(21(31)33-8-2)10-15-13(3)9-14(18(28)35-22(4,5)6)17(16(15)11-23)19(29)34-12-24(25,26)27/h14-17H,3,7-12H2,1-2,4-6H3. The van der Waals surface area contributed by atoms with Crippen LogP contribution in [0.1, 0.15) is 53.9 Å². The van der Waals surface area contributed by atoms with Crippen LogP contribution in [-0.4, -0.2) is 55.5 Å². The zero-order chi connectivity index (χ0) is 26.8. The number of halogens is 3. The molecule has 0 spiro atoms. The third-order valence-electron chi connectivity index (χ3n) is 6.26. The van der Waals surface area contributed by atoms with E-state index in [1.54, 1.807) is 34.6 Å². The van der Waals surface area contributed by atoms with Gasteiger partial charge in [-0.2, -0.15) is 13.2 Å². The number of carbonyl (C=O) groups is 4. The minimum absolute atomic E-state index is 0.0200. The van der Waals surface area contributed by atoms with Crippen molar-refractivity contribution >= 4 is 23.9 Å². The molecular formula is C24H33F3O8. The lowest BCUT2D eigenvalue weighted by Gasteiger charge is -2.39. The van der Waals surface area contributed by atoms with Gasteiger partial charge in [-0.15, -0.1) is 0 Å². The topological polar surface area (TPSA) is 105 Å². The maximum Gasteiger partial charge on any atom is 0.422 e. The van der Waals surface area contributed by atoms with Gasteiger partial charge >= 0.3 is 30.1 Å². The van der Waals surface area contributed by atoms with Gasteiger partial charge in [-0.05, 0) is 65.7 Å². The van der Waals surface area contributed by atoms with Crippen LogP contribution in [0.25, 0.3) is 0 Å². The summed E-state index contributed by atoms with van der Waals surface area (Å²) in [6, 6.07) is 0. The number of ether oxygens (including phenoxy) is 4. The highest BCUT2D eigenvalue weighted by atomic mass is 19.4. The number of alkyl halides is 3. The van der Waals surface area contributed by atoms with E-state index in [1.165, 1.54) is 0 Å². The Morgan fingerprint density at radius 2 is 1.49 bits per heavy atom. The van der Waals surface area contributed by atoms with E-state index in [0.717, 1.165) is 0 Å². The van der Waals surface area contributed by atoms with E-state index >= 15 is 0 Å². The lowest BCUT2D eigenvalue weighted by molar-refractivity contribution is -0.195. The largest absolute Gasteiger partial charge is 0.465 e. The predicted molar refractivity (Wildman–Crippen MR) is 116 cm³/mol. The molecule has 2 aliphatic rings. The lowest BCUT2D eigenvalue weighted by atomic mass is 9.66. The van der Waals surface area contributed by atoms with Crippen LogP contribution >= 0.6 is 0 Å². The maximum atomic E-state index is 13.0. The molecule has 0 saturated heterocycles. The van der Waals surface area contributed by atoms with Gasteiger partial charge < -0.3 is 18.9 Å². The van der Waals surface area contributed by atoms with Gasteiger partial charge in [0.05, 0.1) is 25.0 Å². The van der Waals surface area contributed by atoms with Crippen LogP contribution in [0.3, 0.4) is 0 Å². The molecule has 2 rings (SSSR count). The molecule has 2 aliphatic carbocycles. The zero-order valence-electron chi connectivity index (χ0n) is 20.7. The van der Waals surface area contributed by atoms with Crippen molar-refractivity contribution in [2.24, 2.45) is 29.1 Å². The smallest absolute Gasteiger partial charge is 0.422 e. The van der Waals surface area contributed by atoms with Crippen LogP contribution in [-0.2, 0) is 38.1 Å². The van der Waals surface area contributed by atoms with Crippen LogP contribution < -0.4 is 0 Å². The van der Waals surface area contributed by atoms with Gasteiger partial charge in [0.1, 0.15) is 5.60 Å². The molecule has 0 heterocycles. The number of fused-ring (bicyclic) bond motifs is 1. The molecule has 0 aromatic carbocycles. The summed E-state index contributed by atoms with van der Waals surface area (Å²) >= 11 is 0. The SMILES string of the molecule is C=C1CC(C(=O)OC(C)(C)C)C(C(=O)OCC(F)(F)F)C2CC(C(=O)OCC)(C(=O)OCC)CC12. The van der Waals surface area contributed by atoms with Crippen molar-refractivity contribution in [3.63, 3.8) is 0 Å². The molecular weight excluding hydrogens is 473 g/mol. The van der Waals surface area contributed by atoms with E-state index in [0.29, 0.717) is 5.57 Å². The van der Waals surface area contributed by atoms with Gasteiger partial charge in [0.25, 0.3) is 0 Å². The van der Waals surface area contributed by atoms with Crippen LogP contribution in [0.2, 0.25) is 0 Å². The fourth-order valence-electron chi connectivity index (χ4n) is 4.99. The Labute approximate surface area is 202 Å². The van der Waals surface area contributed by atoms with Crippen molar-refractivity contribution in [1.82, 2.24) is 0 Å². The highest BCUT2D eigenvalue weighted by Crippen LogP contribution is 2.58. The van der Waals surface area contributed by atoms with E-state index in [9.17, 15) is 32.3 Å². The van der Waals surface area contributed by atoms with Crippen molar-refractivity contribution in [2.75, 3.05) is 19.8 Å². The number of esters is 4. The Hall–Kier alpha value is -2.59. The molecule has 2 fully saturated rings. The molecule has 0 N–H and O–H groups in total. The van der Waals surface area contributed by atoms with Gasteiger partial charge in [-0.25, -0.2) is 0 Å². The van der Waals surface area contributed by atoms with E-state index in [2.05, 4.69) is 11.3 Å². The first-order chi connectivity index (χ1) is 16.1. The molecule has 198 valence electrons. The molecule has 4 atom stereocenters. The van der Waals surface area contributed by atoms with E-state index in [4.69, 9.17) is 14.2 Å². The van der Waals surface area contributed by atoms with E-state index in [1.807, 2.05) is 0 Å². The number of allylic oxidation sites excluding steroid dienone is 1. The summed E-state index contributed by atoms with van der Waals surface area (Å²) in [5.41, 5.74) is -2.22. The molecule has 2 saturated carbocycles. The zero-order valence-corrected chi connectivity index (χ0v) is 20.7. The minimum Gasteiger partial charge on any atom is -0.465 e. The average Bonchev–Trinajstić information content (AvgIpc) is 3.13. The molecule has 0 aromatic heterocycles. The number of carbonyl (C=O) groups excluding carboxylic acids is 4. The minimum atomic E-state index is -4.77. The highest BCUT2D eigenvalue weighted by Gasteiger charge is 2.63. The first-order valence-electron chi connectivity index (χ1n) is 11.5. The van der Waals surface area contributed by atoms with Gasteiger partial charge in [-0.1, -0.05) is 12.2 Å². The van der Waals surface area contributed by atoms with E-state index < -0.39 is 71.3 Å². The quantitative estimate of drug-likeness (QED) is 0.222. The number of hydrogen-bond acceptors (Lipinski definition) is 8. The summed E-state index contributed by atoms with van der Waals surface area (Å²) in [6.07, 6.45) is -5.20. The molecule has 11 heteroatoms. The summed E-state index contributed by atoms with van der Waals surface area (Å²) in [4.78, 5) is 51.9. The molecule has 0 radical (unpaired) electrons. The summed E-state index contributed by atoms with van der Waals surface area (Å²) in [5, 5.41) is 0. The second kappa shape index (κ2) is 10.6. The first kappa shape index (κ1) is 28.6. The number of rotatable bonds is 7. The highest BCUT2D eigenvalue weighted by molar-refractivity contribution is 6.01. The van der Waals surface area contributed by atoms with Crippen LogP contribution in [0.4, 0.5) is 13.2 Å². The van der Waals surface area contributed by atoms with Crippen LogP contribution in [0.5, 0.6) is 0 Å². The average molecular weight is 507 g/mol. The van der Waals surface area contributed by atoms with Crippen molar-refractivity contribution in [3.8, 4) is 0 Å². The molecule has 8 nitrogen and oxygen atoms in total. The second-order valence-electron chi connectivity index (χ2n) is 9.95. The van der Waals surface area contributed by atoms with Crippen molar-refractivity contribution in [3.05, 3.63) is 12.2 Å². The van der Waals surface area contributed by atoms with Crippen molar-refractivity contribution in [2.45, 2.75) is 65.7 Å². The first-order valence-corrected chi connectivity index (χ1v) is 11.5. The van der Waals surface area contributed by atoms with Crippen LogP contribution in [0, 0.1) is 29.1 Å². The molecule has 0 aliphatic heterocycles. The number of hydrogen-bond donors (Lipinski definition) is 0. The third-order valence-corrected chi connectivity index (χ3v) is 6.26. The van der Waals surface area contributed by atoms with Crippen molar-refractivity contribution in [1.29, 1.82) is 0 Å². The predicted octanol–water partition coefficient (Wildman–Crippen LogP) is 3.76. The van der Waals surface area contributed by atoms with Gasteiger partial charge in [-0.3, -0.25) is 19.2 Å². The van der Waals surface area contributed by atoms with Gasteiger partial charge in [0.15, 0.2) is 12.0 Å². The molecule has 0 aromatic rings. The fraction of sp³-hybridized carbons (Fsp3) is 0.750. The Morgan fingerprint density at radius 1 is 0.943 bits per heavy atom. The summed E-state index contributed by atoms with van der Waals surface area (Å²) in [7, 11) is 0. The fourth-order valence-corrected chi connectivity index (χ4v) is 4.99. The van der Waals surface area contributed by atoms with Gasteiger partial charge in [0, 0.05) is 0 Å². The monoisotopic (exact) mass is 506 g/mol. The Morgan fingerprint density at radius 3 is 1.94 bits per heavy atom. The lowest BCUT2D eigenvalue weighted by Crippen LogP contribution is -2.45. The Balaban J connectivity index is 2.52. The van der Waals surface area contributed by atoms with Crippen molar-refractivity contribution < 1.29 is 51.3 Å². The van der Waals surface area contributed by atoms with Crippen LogP contribution in [0.15, 0.2) is 12.2 Å². The summed E-state index contributed by atoms with van der Waals surface area (Å²) < 4.78 is 58.6.